The molecule has 1 aliphatic heterocycles. The molecule has 1 heterocycles. The molecule has 0 spiro atoms. The zero-order valence-electron chi connectivity index (χ0n) is 18.9. The van der Waals surface area contributed by atoms with Crippen molar-refractivity contribution in [3.63, 3.8) is 0 Å². The molecule has 0 N–H and O–H groups in total. The van der Waals surface area contributed by atoms with Crippen molar-refractivity contribution in [1.29, 1.82) is 0 Å². The highest BCUT2D eigenvalue weighted by Gasteiger charge is 2.26. The molecule has 170 valence electrons. The molecular weight excluding hydrogens is 412 g/mol. The number of benzene rings is 3. The Balaban J connectivity index is 0.00000289. The molecule has 3 aromatic rings. The SMILES string of the molecule is C.CC(C)(C)c1ccc(CN2CCN(C(c3ccccc3)c3ccc(Cl)cc3)CC2)cc1. The molecule has 4 rings (SSSR count). The second-order valence-electron chi connectivity index (χ2n) is 9.62. The van der Waals surface area contributed by atoms with Gasteiger partial charge in [-0.25, -0.2) is 0 Å². The Hall–Kier alpha value is -2.13. The van der Waals surface area contributed by atoms with Gasteiger partial charge in [0, 0.05) is 37.7 Å². The van der Waals surface area contributed by atoms with Gasteiger partial charge < -0.3 is 0 Å². The van der Waals surface area contributed by atoms with Crippen LogP contribution in [0.2, 0.25) is 5.02 Å². The van der Waals surface area contributed by atoms with Gasteiger partial charge in [0.15, 0.2) is 0 Å². The molecule has 3 heteroatoms. The lowest BCUT2D eigenvalue weighted by Crippen LogP contribution is -2.47. The second-order valence-corrected chi connectivity index (χ2v) is 10.1. The van der Waals surface area contributed by atoms with Gasteiger partial charge in [0.2, 0.25) is 0 Å². The highest BCUT2D eigenvalue weighted by Crippen LogP contribution is 2.30. The van der Waals surface area contributed by atoms with E-state index >= 15 is 0 Å². The van der Waals surface area contributed by atoms with Crippen molar-refractivity contribution in [3.8, 4) is 0 Å². The van der Waals surface area contributed by atoms with Crippen LogP contribution < -0.4 is 0 Å². The fraction of sp³-hybridized carbons (Fsp3) is 0.379. The molecule has 1 fully saturated rings. The van der Waals surface area contributed by atoms with E-state index in [2.05, 4.69) is 97.3 Å². The van der Waals surface area contributed by atoms with E-state index in [-0.39, 0.29) is 18.9 Å². The smallest absolute Gasteiger partial charge is 0.0602 e. The Morgan fingerprint density at radius 2 is 1.31 bits per heavy atom. The normalized spacial score (nSPS) is 16.4. The van der Waals surface area contributed by atoms with Crippen molar-refractivity contribution in [2.45, 2.75) is 46.2 Å². The van der Waals surface area contributed by atoms with E-state index in [0.717, 1.165) is 37.7 Å². The number of halogens is 1. The van der Waals surface area contributed by atoms with E-state index in [9.17, 15) is 0 Å². The first-order valence-electron chi connectivity index (χ1n) is 11.3. The Morgan fingerprint density at radius 1 is 0.750 bits per heavy atom. The van der Waals surface area contributed by atoms with Crippen LogP contribution in [0.3, 0.4) is 0 Å². The van der Waals surface area contributed by atoms with E-state index in [1.807, 2.05) is 12.1 Å². The van der Waals surface area contributed by atoms with Gasteiger partial charge >= 0.3 is 0 Å². The summed E-state index contributed by atoms with van der Waals surface area (Å²) in [5.74, 6) is 0. The molecule has 3 aromatic carbocycles. The van der Waals surface area contributed by atoms with Crippen molar-refractivity contribution in [2.24, 2.45) is 0 Å². The largest absolute Gasteiger partial charge is 0.297 e. The second kappa shape index (κ2) is 10.7. The zero-order chi connectivity index (χ0) is 21.8. The summed E-state index contributed by atoms with van der Waals surface area (Å²) >= 11 is 6.16. The Kier molecular flexibility index (Phi) is 8.16. The fourth-order valence-corrected chi connectivity index (χ4v) is 4.57. The monoisotopic (exact) mass is 448 g/mol. The summed E-state index contributed by atoms with van der Waals surface area (Å²) in [6, 6.07) is 28.6. The number of rotatable bonds is 5. The number of nitrogens with zero attached hydrogens (tertiary/aromatic N) is 2. The highest BCUT2D eigenvalue weighted by atomic mass is 35.5. The minimum atomic E-state index is 0. The molecule has 1 aliphatic rings. The maximum Gasteiger partial charge on any atom is 0.0602 e. The Bertz CT molecular complexity index is 951. The third-order valence-electron chi connectivity index (χ3n) is 6.30. The molecule has 0 bridgehead atoms. The van der Waals surface area contributed by atoms with E-state index in [1.54, 1.807) is 0 Å². The minimum Gasteiger partial charge on any atom is -0.297 e. The predicted octanol–water partition coefficient (Wildman–Crippen LogP) is 7.18. The summed E-state index contributed by atoms with van der Waals surface area (Å²) in [5.41, 5.74) is 5.66. The fourth-order valence-electron chi connectivity index (χ4n) is 4.44. The van der Waals surface area contributed by atoms with Crippen LogP contribution in [-0.2, 0) is 12.0 Å². The first-order valence-corrected chi connectivity index (χ1v) is 11.6. The summed E-state index contributed by atoms with van der Waals surface area (Å²) in [7, 11) is 0. The zero-order valence-corrected chi connectivity index (χ0v) is 19.6. The molecule has 1 atom stereocenters. The van der Waals surface area contributed by atoms with Gasteiger partial charge in [0.1, 0.15) is 0 Å². The van der Waals surface area contributed by atoms with Crippen LogP contribution in [0.25, 0.3) is 0 Å². The van der Waals surface area contributed by atoms with Gasteiger partial charge in [-0.05, 0) is 39.8 Å². The van der Waals surface area contributed by atoms with Crippen LogP contribution in [0, 0.1) is 0 Å². The highest BCUT2D eigenvalue weighted by molar-refractivity contribution is 6.30. The van der Waals surface area contributed by atoms with Crippen molar-refractivity contribution in [2.75, 3.05) is 26.2 Å². The number of hydrogen-bond acceptors (Lipinski definition) is 2. The van der Waals surface area contributed by atoms with E-state index in [0.29, 0.717) is 0 Å². The Labute approximate surface area is 199 Å². The number of piperazine rings is 1. The van der Waals surface area contributed by atoms with Gasteiger partial charge in [0.25, 0.3) is 0 Å². The average Bonchev–Trinajstić information content (AvgIpc) is 2.77. The van der Waals surface area contributed by atoms with Gasteiger partial charge in [-0.2, -0.15) is 0 Å². The van der Waals surface area contributed by atoms with Crippen LogP contribution in [0.15, 0.2) is 78.9 Å². The maximum atomic E-state index is 6.16. The maximum absolute atomic E-state index is 6.16. The standard InChI is InChI=1S/C28H33ClN2.CH4/c1-28(2,3)25-13-9-22(10-14-25)21-30-17-19-31(20-18-30)27(23-7-5-4-6-8-23)24-11-15-26(29)16-12-24;/h4-16,27H,17-21H2,1-3H3;1H4. The van der Waals surface area contributed by atoms with Gasteiger partial charge in [-0.15, -0.1) is 0 Å². The summed E-state index contributed by atoms with van der Waals surface area (Å²) in [5, 5.41) is 0.790. The van der Waals surface area contributed by atoms with Gasteiger partial charge in [-0.3, -0.25) is 9.80 Å². The summed E-state index contributed by atoms with van der Waals surface area (Å²) in [4.78, 5) is 5.18. The van der Waals surface area contributed by atoms with Crippen LogP contribution in [0.4, 0.5) is 0 Å². The molecule has 0 amide bonds. The third kappa shape index (κ3) is 6.01. The summed E-state index contributed by atoms with van der Waals surface area (Å²) in [6.45, 7) is 12.1. The minimum absolute atomic E-state index is 0. The van der Waals surface area contributed by atoms with Crippen LogP contribution in [0.1, 0.15) is 56.5 Å². The summed E-state index contributed by atoms with van der Waals surface area (Å²) in [6.07, 6.45) is 0. The van der Waals surface area contributed by atoms with E-state index in [4.69, 9.17) is 11.6 Å². The first kappa shape index (κ1) is 24.5. The van der Waals surface area contributed by atoms with Crippen molar-refractivity contribution in [3.05, 3.63) is 106 Å². The molecule has 0 aromatic heterocycles. The first-order chi connectivity index (χ1) is 14.9. The molecular formula is C29H37ClN2. The third-order valence-corrected chi connectivity index (χ3v) is 6.55. The molecule has 2 nitrogen and oxygen atoms in total. The molecule has 32 heavy (non-hydrogen) atoms. The van der Waals surface area contributed by atoms with Gasteiger partial charge in [-0.1, -0.05) is 107 Å². The van der Waals surface area contributed by atoms with Crippen LogP contribution in [-0.4, -0.2) is 36.0 Å². The predicted molar refractivity (Wildman–Crippen MR) is 138 cm³/mol. The van der Waals surface area contributed by atoms with Gasteiger partial charge in [0.05, 0.1) is 6.04 Å². The molecule has 0 saturated carbocycles. The topological polar surface area (TPSA) is 6.48 Å². The van der Waals surface area contributed by atoms with Crippen molar-refractivity contribution < 1.29 is 0 Å². The summed E-state index contributed by atoms with van der Waals surface area (Å²) < 4.78 is 0. The lowest BCUT2D eigenvalue weighted by atomic mass is 9.87. The van der Waals surface area contributed by atoms with Crippen molar-refractivity contribution in [1.82, 2.24) is 9.80 Å². The van der Waals surface area contributed by atoms with E-state index < -0.39 is 0 Å². The molecule has 1 unspecified atom stereocenters. The van der Waals surface area contributed by atoms with Crippen LogP contribution >= 0.6 is 11.6 Å². The quantitative estimate of drug-likeness (QED) is 0.407. The lowest BCUT2D eigenvalue weighted by Gasteiger charge is -2.40. The molecule has 0 radical (unpaired) electrons. The van der Waals surface area contributed by atoms with E-state index in [1.165, 1.54) is 22.3 Å². The van der Waals surface area contributed by atoms with Crippen LogP contribution in [0.5, 0.6) is 0 Å². The Morgan fingerprint density at radius 3 is 1.88 bits per heavy atom. The lowest BCUT2D eigenvalue weighted by molar-refractivity contribution is 0.105. The molecule has 1 saturated heterocycles. The average molecular weight is 449 g/mol. The number of hydrogen-bond donors (Lipinski definition) is 0. The molecule has 0 aliphatic carbocycles. The van der Waals surface area contributed by atoms with Crippen molar-refractivity contribution >= 4 is 11.6 Å².